The van der Waals surface area contributed by atoms with E-state index in [0.29, 0.717) is 0 Å². The first-order chi connectivity index (χ1) is 6.34. The second-order valence-corrected chi connectivity index (χ2v) is 5.58. The smallest absolute Gasteiger partial charge is 0.322 e. The molecule has 0 aliphatic carbocycles. The summed E-state index contributed by atoms with van der Waals surface area (Å²) in [5.41, 5.74) is 0. The van der Waals surface area contributed by atoms with Gasteiger partial charge in [-0.25, -0.2) is 0 Å². The quantitative estimate of drug-likeness (QED) is 0.606. The van der Waals surface area contributed by atoms with Crippen LogP contribution in [0.4, 0.5) is 0 Å². The maximum Gasteiger partial charge on any atom is 0.322 e. The van der Waals surface area contributed by atoms with Crippen molar-refractivity contribution >= 4 is 23.7 Å². The summed E-state index contributed by atoms with van der Waals surface area (Å²) in [5, 5.41) is 19.8. The third-order valence-corrected chi connectivity index (χ3v) is 3.67. The molecule has 5 nitrogen and oxygen atoms in total. The Morgan fingerprint density at radius 3 is 2.29 bits per heavy atom. The number of aliphatic carboxylic acids is 2. The van der Waals surface area contributed by atoms with Crippen LogP contribution in [0.2, 0.25) is 0 Å². The number of carboxylic acid groups (broad SMARTS) is 2. The van der Waals surface area contributed by atoms with Gasteiger partial charge in [0.25, 0.3) is 0 Å². The maximum atomic E-state index is 10.8. The summed E-state index contributed by atoms with van der Waals surface area (Å²) in [7, 11) is 0. The average Bonchev–Trinajstić information content (AvgIpc) is 2.01. The van der Waals surface area contributed by atoms with Crippen LogP contribution in [-0.2, 0) is 9.59 Å². The average molecular weight is 219 g/mol. The van der Waals surface area contributed by atoms with E-state index in [1.54, 1.807) is 13.8 Å². The Morgan fingerprint density at radius 2 is 1.93 bits per heavy atom. The first-order valence-electron chi connectivity index (χ1n) is 4.21. The Labute approximate surface area is 85.9 Å². The highest BCUT2D eigenvalue weighted by Crippen LogP contribution is 2.35. The molecule has 1 rings (SSSR count). The van der Waals surface area contributed by atoms with Gasteiger partial charge in [0.1, 0.15) is 11.3 Å². The molecule has 1 fully saturated rings. The van der Waals surface area contributed by atoms with Gasteiger partial charge < -0.3 is 15.5 Å². The molecule has 0 radical (unpaired) electrons. The van der Waals surface area contributed by atoms with Crippen LogP contribution in [0.15, 0.2) is 0 Å². The van der Waals surface area contributed by atoms with Gasteiger partial charge in [-0.2, -0.15) is 0 Å². The Hall–Kier alpha value is -0.750. The van der Waals surface area contributed by atoms with Crippen molar-refractivity contribution in [1.82, 2.24) is 5.32 Å². The van der Waals surface area contributed by atoms with Crippen LogP contribution in [0, 0.1) is 0 Å². The summed E-state index contributed by atoms with van der Waals surface area (Å²) in [6.07, 6.45) is 0. The monoisotopic (exact) mass is 219 g/mol. The number of nitrogens with one attached hydrogen (secondary N) is 1. The van der Waals surface area contributed by atoms with Crippen molar-refractivity contribution in [3.05, 3.63) is 0 Å². The molecule has 6 heteroatoms. The van der Waals surface area contributed by atoms with Crippen LogP contribution in [0.25, 0.3) is 0 Å². The lowest BCUT2D eigenvalue weighted by atomic mass is 10.0. The van der Waals surface area contributed by atoms with E-state index in [2.05, 4.69) is 5.32 Å². The van der Waals surface area contributed by atoms with E-state index in [9.17, 15) is 9.59 Å². The molecule has 80 valence electrons. The first-order valence-corrected chi connectivity index (χ1v) is 5.09. The van der Waals surface area contributed by atoms with Gasteiger partial charge in [0.2, 0.25) is 0 Å². The lowest BCUT2D eigenvalue weighted by Crippen LogP contribution is -2.58. The van der Waals surface area contributed by atoms with E-state index < -0.39 is 28.0 Å². The standard InChI is InChI=1S/C8H13NO4S/c1-8(2)5(7(12)13)9-3-4(14-8)6(10)11/h4-5,9H,3H2,1-2H3,(H,10,11)(H,12,13)/t4?,5-/m0/s1. The van der Waals surface area contributed by atoms with Gasteiger partial charge >= 0.3 is 11.9 Å². The molecule has 0 amide bonds. The number of thioether (sulfide) groups is 1. The molecule has 1 heterocycles. The van der Waals surface area contributed by atoms with E-state index in [-0.39, 0.29) is 6.54 Å². The van der Waals surface area contributed by atoms with E-state index in [1.165, 1.54) is 11.8 Å². The molecule has 0 spiro atoms. The van der Waals surface area contributed by atoms with E-state index in [0.717, 1.165) is 0 Å². The number of hydrogen-bond acceptors (Lipinski definition) is 4. The van der Waals surface area contributed by atoms with E-state index in [1.807, 2.05) is 0 Å². The predicted molar refractivity (Wildman–Crippen MR) is 52.5 cm³/mol. The zero-order chi connectivity index (χ0) is 10.9. The fourth-order valence-corrected chi connectivity index (χ4v) is 2.80. The Balaban J connectivity index is 2.75. The molecule has 0 aromatic rings. The molecular formula is C8H13NO4S. The predicted octanol–water partition coefficient (Wildman–Crippen LogP) is 0.00780. The minimum absolute atomic E-state index is 0.195. The summed E-state index contributed by atoms with van der Waals surface area (Å²) in [5.74, 6) is -1.84. The van der Waals surface area contributed by atoms with Crippen molar-refractivity contribution in [2.24, 2.45) is 0 Å². The molecule has 1 unspecified atom stereocenters. The fourth-order valence-electron chi connectivity index (χ4n) is 1.47. The minimum Gasteiger partial charge on any atom is -0.480 e. The highest BCUT2D eigenvalue weighted by molar-refractivity contribution is 8.02. The van der Waals surface area contributed by atoms with Crippen molar-refractivity contribution in [3.63, 3.8) is 0 Å². The summed E-state index contributed by atoms with van der Waals surface area (Å²) in [6, 6.07) is -0.692. The minimum atomic E-state index is -0.939. The summed E-state index contributed by atoms with van der Waals surface area (Å²) < 4.78 is -0.604. The molecule has 1 aliphatic rings. The van der Waals surface area contributed by atoms with Gasteiger partial charge in [0, 0.05) is 11.3 Å². The Morgan fingerprint density at radius 1 is 1.36 bits per heavy atom. The molecule has 1 saturated heterocycles. The van der Waals surface area contributed by atoms with Crippen molar-refractivity contribution < 1.29 is 19.8 Å². The molecule has 3 N–H and O–H groups in total. The second kappa shape index (κ2) is 3.78. The van der Waals surface area contributed by atoms with Crippen molar-refractivity contribution in [2.45, 2.75) is 29.9 Å². The van der Waals surface area contributed by atoms with Gasteiger partial charge in [0.15, 0.2) is 0 Å². The lowest BCUT2D eigenvalue weighted by Gasteiger charge is -2.38. The zero-order valence-corrected chi connectivity index (χ0v) is 8.80. The number of hydrogen-bond donors (Lipinski definition) is 3. The Kier molecular flexibility index (Phi) is 3.06. The first kappa shape index (κ1) is 11.3. The summed E-state index contributed by atoms with van der Waals surface area (Å²) in [4.78, 5) is 21.5. The molecule has 14 heavy (non-hydrogen) atoms. The molecule has 2 atom stereocenters. The normalized spacial score (nSPS) is 31.0. The molecule has 0 saturated carbocycles. The van der Waals surface area contributed by atoms with Crippen LogP contribution in [-0.4, -0.2) is 44.7 Å². The molecule has 0 bridgehead atoms. The van der Waals surface area contributed by atoms with Gasteiger partial charge in [-0.1, -0.05) is 0 Å². The molecule has 1 aliphatic heterocycles. The summed E-state index contributed by atoms with van der Waals surface area (Å²) >= 11 is 1.19. The van der Waals surface area contributed by atoms with Gasteiger partial charge in [-0.3, -0.25) is 9.59 Å². The van der Waals surface area contributed by atoms with Crippen molar-refractivity contribution in [1.29, 1.82) is 0 Å². The van der Waals surface area contributed by atoms with Gasteiger partial charge in [-0.05, 0) is 13.8 Å². The SMILES string of the molecule is CC1(C)SC(C(=O)O)CN[C@H]1C(=O)O. The van der Waals surface area contributed by atoms with Crippen LogP contribution >= 0.6 is 11.8 Å². The van der Waals surface area contributed by atoms with Crippen molar-refractivity contribution in [2.75, 3.05) is 6.54 Å². The van der Waals surface area contributed by atoms with Crippen LogP contribution < -0.4 is 5.32 Å². The largest absolute Gasteiger partial charge is 0.480 e. The second-order valence-electron chi connectivity index (χ2n) is 3.73. The number of carboxylic acids is 2. The number of carbonyl (C=O) groups is 2. The number of rotatable bonds is 2. The molecule has 0 aromatic carbocycles. The lowest BCUT2D eigenvalue weighted by molar-refractivity contribution is -0.141. The molecule has 0 aromatic heterocycles. The highest BCUT2D eigenvalue weighted by Gasteiger charge is 2.43. The Bertz CT molecular complexity index is 266. The third kappa shape index (κ3) is 2.19. The topological polar surface area (TPSA) is 86.6 Å². The van der Waals surface area contributed by atoms with E-state index >= 15 is 0 Å². The van der Waals surface area contributed by atoms with Gasteiger partial charge in [0.05, 0.1) is 0 Å². The maximum absolute atomic E-state index is 10.8. The van der Waals surface area contributed by atoms with E-state index in [4.69, 9.17) is 10.2 Å². The summed E-state index contributed by atoms with van der Waals surface area (Å²) in [6.45, 7) is 3.66. The highest BCUT2D eigenvalue weighted by atomic mass is 32.2. The third-order valence-electron chi connectivity index (χ3n) is 2.17. The van der Waals surface area contributed by atoms with Gasteiger partial charge in [-0.15, -0.1) is 11.8 Å². The van der Waals surface area contributed by atoms with Crippen LogP contribution in [0.5, 0.6) is 0 Å². The van der Waals surface area contributed by atoms with Crippen LogP contribution in [0.3, 0.4) is 0 Å². The molecular weight excluding hydrogens is 206 g/mol. The van der Waals surface area contributed by atoms with Crippen molar-refractivity contribution in [3.8, 4) is 0 Å². The van der Waals surface area contributed by atoms with Crippen LogP contribution in [0.1, 0.15) is 13.8 Å². The fraction of sp³-hybridized carbons (Fsp3) is 0.750. The zero-order valence-electron chi connectivity index (χ0n) is 7.98.